The molecule has 0 bridgehead atoms. The summed E-state index contributed by atoms with van der Waals surface area (Å²) >= 11 is 0. The van der Waals surface area contributed by atoms with Crippen LogP contribution in [0.4, 0.5) is 0 Å². The molecule has 0 atom stereocenters. The van der Waals surface area contributed by atoms with E-state index in [1.807, 2.05) is 54.6 Å². The van der Waals surface area contributed by atoms with Crippen molar-refractivity contribution < 1.29 is 19.3 Å². The topological polar surface area (TPSA) is 51.2 Å². The van der Waals surface area contributed by atoms with E-state index >= 15 is 0 Å². The normalized spacial score (nSPS) is 13.5. The zero-order valence-electron chi connectivity index (χ0n) is 18.0. The number of aliphatic hydroxyl groups is 1. The summed E-state index contributed by atoms with van der Waals surface area (Å²) in [6, 6.07) is 17.4. The lowest BCUT2D eigenvalue weighted by molar-refractivity contribution is 0.0358. The first kappa shape index (κ1) is 26.2. The summed E-state index contributed by atoms with van der Waals surface area (Å²) in [7, 11) is 0. The maximum Gasteiger partial charge on any atom is 0.119 e. The lowest BCUT2D eigenvalue weighted by Crippen LogP contribution is -2.37. The molecular weight excluding hydrogens is 402 g/mol. The van der Waals surface area contributed by atoms with Crippen molar-refractivity contribution in [3.63, 3.8) is 0 Å². The highest BCUT2D eigenvalue weighted by Crippen LogP contribution is 2.18. The third-order valence-corrected chi connectivity index (χ3v) is 4.61. The Morgan fingerprint density at radius 1 is 0.867 bits per heavy atom. The molecule has 1 aliphatic rings. The fourth-order valence-corrected chi connectivity index (χ4v) is 2.85. The van der Waals surface area contributed by atoms with Gasteiger partial charge < -0.3 is 19.3 Å². The average molecular weight is 438 g/mol. The van der Waals surface area contributed by atoms with Crippen LogP contribution in [0, 0.1) is 0 Å². The molecule has 5 nitrogen and oxygen atoms in total. The third kappa shape index (κ3) is 11.4. The van der Waals surface area contributed by atoms with E-state index in [-0.39, 0.29) is 19.0 Å². The molecule has 0 amide bonds. The minimum Gasteiger partial charge on any atom is -0.494 e. The second-order valence-electron chi connectivity index (χ2n) is 6.97. The van der Waals surface area contributed by atoms with Gasteiger partial charge in [0.2, 0.25) is 0 Å². The van der Waals surface area contributed by atoms with Crippen LogP contribution in [0.2, 0.25) is 0 Å². The summed E-state index contributed by atoms with van der Waals surface area (Å²) in [4.78, 5) is 2.43. The first-order chi connectivity index (χ1) is 14.3. The second-order valence-corrected chi connectivity index (χ2v) is 6.97. The van der Waals surface area contributed by atoms with Crippen LogP contribution in [-0.4, -0.2) is 56.1 Å². The van der Waals surface area contributed by atoms with Crippen molar-refractivity contribution in [1.29, 1.82) is 0 Å². The Morgan fingerprint density at radius 3 is 1.93 bits per heavy atom. The zero-order valence-corrected chi connectivity index (χ0v) is 18.8. The Balaban J connectivity index is 0.000000421. The quantitative estimate of drug-likeness (QED) is 0.552. The Labute approximate surface area is 187 Å². The van der Waals surface area contributed by atoms with Gasteiger partial charge in [0.1, 0.15) is 11.5 Å². The molecule has 0 spiro atoms. The molecule has 2 aromatic rings. The maximum absolute atomic E-state index is 8.54. The van der Waals surface area contributed by atoms with E-state index in [9.17, 15) is 0 Å². The summed E-state index contributed by atoms with van der Waals surface area (Å²) < 4.78 is 16.7. The number of unbranched alkanes of at least 4 members (excludes halogenated alkanes) is 1. The minimum absolute atomic E-state index is 0. The summed E-state index contributed by atoms with van der Waals surface area (Å²) in [5.74, 6) is 1.84. The smallest absolute Gasteiger partial charge is 0.119 e. The van der Waals surface area contributed by atoms with Gasteiger partial charge in [-0.15, -0.1) is 12.4 Å². The second kappa shape index (κ2) is 16.9. The lowest BCUT2D eigenvalue weighted by atomic mass is 10.2. The van der Waals surface area contributed by atoms with E-state index in [4.69, 9.17) is 19.3 Å². The van der Waals surface area contributed by atoms with Gasteiger partial charge in [0.15, 0.2) is 0 Å². The highest BCUT2D eigenvalue weighted by molar-refractivity contribution is 5.85. The van der Waals surface area contributed by atoms with E-state index in [0.717, 1.165) is 82.4 Å². The molecule has 1 saturated heterocycles. The predicted octanol–water partition coefficient (Wildman–Crippen LogP) is 4.57. The molecule has 3 rings (SSSR count). The van der Waals surface area contributed by atoms with E-state index < -0.39 is 0 Å². The van der Waals surface area contributed by atoms with Crippen molar-refractivity contribution in [3.05, 3.63) is 60.2 Å². The fourth-order valence-electron chi connectivity index (χ4n) is 2.85. The molecule has 2 aromatic carbocycles. The van der Waals surface area contributed by atoms with Crippen LogP contribution in [0.1, 0.15) is 31.7 Å². The molecule has 1 fully saturated rings. The largest absolute Gasteiger partial charge is 0.494 e. The van der Waals surface area contributed by atoms with Gasteiger partial charge >= 0.3 is 0 Å². The van der Waals surface area contributed by atoms with E-state index in [0.29, 0.717) is 0 Å². The molecule has 6 heteroatoms. The number of hydrogen-bond donors (Lipinski definition) is 1. The first-order valence-electron chi connectivity index (χ1n) is 10.6. The van der Waals surface area contributed by atoms with Crippen molar-refractivity contribution in [1.82, 2.24) is 4.90 Å². The average Bonchev–Trinajstić information content (AvgIpc) is 2.79. The monoisotopic (exact) mass is 437 g/mol. The van der Waals surface area contributed by atoms with Gasteiger partial charge in [-0.2, -0.15) is 0 Å². The Morgan fingerprint density at radius 2 is 1.43 bits per heavy atom. The van der Waals surface area contributed by atoms with Crippen LogP contribution in [0.3, 0.4) is 0 Å². The standard InChI is InChI=1S/C17H27NO3.C7H8O.ClH/c1-2-3-12-20-16-5-7-17(8-6-16)21-13-4-9-18-10-14-19-15-11-18;8-6-7-4-2-1-3-5-7;/h5-8H,2-4,9-15H2,1H3;1-5,8H,6H2;1H. The Hall–Kier alpha value is -1.79. The van der Waals surface area contributed by atoms with Gasteiger partial charge in [0.05, 0.1) is 33.0 Å². The number of aliphatic hydroxyl groups excluding tert-OH is 1. The minimum atomic E-state index is 0. The van der Waals surface area contributed by atoms with E-state index in [2.05, 4.69) is 11.8 Å². The first-order valence-corrected chi connectivity index (χ1v) is 10.6. The van der Waals surface area contributed by atoms with Crippen molar-refractivity contribution in [3.8, 4) is 11.5 Å². The van der Waals surface area contributed by atoms with Crippen molar-refractivity contribution in [2.24, 2.45) is 0 Å². The molecule has 0 unspecified atom stereocenters. The Kier molecular flexibility index (Phi) is 14.8. The number of halogens is 1. The molecule has 0 radical (unpaired) electrons. The molecule has 1 N–H and O–H groups in total. The number of morpholine rings is 1. The number of ether oxygens (including phenoxy) is 3. The molecule has 168 valence electrons. The zero-order chi connectivity index (χ0) is 20.6. The van der Waals surface area contributed by atoms with Crippen LogP contribution < -0.4 is 9.47 Å². The third-order valence-electron chi connectivity index (χ3n) is 4.61. The maximum atomic E-state index is 8.54. The highest BCUT2D eigenvalue weighted by Gasteiger charge is 2.09. The highest BCUT2D eigenvalue weighted by atomic mass is 35.5. The van der Waals surface area contributed by atoms with Crippen LogP contribution in [0.15, 0.2) is 54.6 Å². The van der Waals surface area contributed by atoms with Crippen molar-refractivity contribution >= 4 is 12.4 Å². The molecule has 0 saturated carbocycles. The number of nitrogens with zero attached hydrogens (tertiary/aromatic N) is 1. The van der Waals surface area contributed by atoms with Crippen LogP contribution in [-0.2, 0) is 11.3 Å². The molecule has 1 heterocycles. The summed E-state index contributed by atoms with van der Waals surface area (Å²) in [5.41, 5.74) is 0.965. The van der Waals surface area contributed by atoms with Gasteiger partial charge in [-0.3, -0.25) is 4.90 Å². The summed E-state index contributed by atoms with van der Waals surface area (Å²) in [6.45, 7) is 8.75. The fraction of sp³-hybridized carbons (Fsp3) is 0.500. The van der Waals surface area contributed by atoms with E-state index in [1.54, 1.807) is 0 Å². The number of rotatable bonds is 10. The van der Waals surface area contributed by atoms with Crippen molar-refractivity contribution in [2.45, 2.75) is 32.8 Å². The van der Waals surface area contributed by atoms with Gasteiger partial charge in [0, 0.05) is 19.6 Å². The Bertz CT molecular complexity index is 633. The van der Waals surface area contributed by atoms with Gasteiger partial charge in [-0.25, -0.2) is 0 Å². The van der Waals surface area contributed by atoms with Crippen LogP contribution >= 0.6 is 12.4 Å². The molecule has 30 heavy (non-hydrogen) atoms. The van der Waals surface area contributed by atoms with Crippen LogP contribution in [0.25, 0.3) is 0 Å². The van der Waals surface area contributed by atoms with Crippen molar-refractivity contribution in [2.75, 3.05) is 46.1 Å². The van der Waals surface area contributed by atoms with E-state index in [1.165, 1.54) is 0 Å². The lowest BCUT2D eigenvalue weighted by Gasteiger charge is -2.26. The molecular formula is C24H36ClNO4. The SMILES string of the molecule is CCCCOc1ccc(OCCCN2CCOCC2)cc1.Cl.OCc1ccccc1. The summed E-state index contributed by atoms with van der Waals surface area (Å²) in [5, 5.41) is 8.54. The predicted molar refractivity (Wildman–Crippen MR) is 124 cm³/mol. The number of benzene rings is 2. The molecule has 0 aromatic heterocycles. The van der Waals surface area contributed by atoms with Gasteiger partial charge in [0.25, 0.3) is 0 Å². The molecule has 1 aliphatic heterocycles. The van der Waals surface area contributed by atoms with Crippen LogP contribution in [0.5, 0.6) is 11.5 Å². The summed E-state index contributed by atoms with van der Waals surface area (Å²) in [6.07, 6.45) is 3.30. The van der Waals surface area contributed by atoms with Gasteiger partial charge in [-0.1, -0.05) is 43.7 Å². The molecule has 0 aliphatic carbocycles. The number of hydrogen-bond acceptors (Lipinski definition) is 5. The van der Waals surface area contributed by atoms with Gasteiger partial charge in [-0.05, 0) is 42.7 Å².